The number of fused-ring (bicyclic) bond motifs is 1. The standard InChI is InChI=1S/C25H25FN6O2.C2H6/c1-4-21(33)20-7-13(2)17(12-28-20)15-8-14-11-29-22(31-25(34)16-9-18(16)26)10-19(14)30-23(15)24-27-5-6-32(24)3;1-2/h5-8,10-12,16,18,20,28H,4,9H2,1-3H3,(H,29,31,34);1-2H3. The Hall–Kier alpha value is -3.88. The minimum atomic E-state index is -1.07. The van der Waals surface area contributed by atoms with Crippen molar-refractivity contribution in [2.75, 3.05) is 5.32 Å². The SMILES string of the molecule is CC.CCC(=O)C1C=C(C)C(c2cc3cnc(NC(=O)C4CC4F)cc3nc2-c2nccn2C)=CN1. The average Bonchev–Trinajstić information content (AvgIpc) is 3.48. The van der Waals surface area contributed by atoms with Crippen LogP contribution >= 0.6 is 0 Å². The molecule has 8 nitrogen and oxygen atoms in total. The van der Waals surface area contributed by atoms with Gasteiger partial charge in [0.25, 0.3) is 0 Å². The molecule has 5 rings (SSSR count). The highest BCUT2D eigenvalue weighted by Crippen LogP contribution is 2.36. The minimum absolute atomic E-state index is 0.125. The molecule has 3 aromatic heterocycles. The fraction of sp³-hybridized carbons (Fsp3) is 0.370. The number of amides is 1. The van der Waals surface area contributed by atoms with E-state index in [1.54, 1.807) is 18.5 Å². The summed E-state index contributed by atoms with van der Waals surface area (Å²) in [6.45, 7) is 7.82. The summed E-state index contributed by atoms with van der Waals surface area (Å²) >= 11 is 0. The molecule has 3 unspecified atom stereocenters. The number of hydrogen-bond donors (Lipinski definition) is 2. The topological polar surface area (TPSA) is 102 Å². The monoisotopic (exact) mass is 490 g/mol. The number of Topliss-reactive ketones (excluding diaryl/α,β-unsaturated/α-hetero) is 1. The normalized spacial score (nSPS) is 20.4. The molecular weight excluding hydrogens is 459 g/mol. The summed E-state index contributed by atoms with van der Waals surface area (Å²) in [5.74, 6) is 0.173. The van der Waals surface area contributed by atoms with Crippen molar-refractivity contribution in [3.05, 3.63) is 54.1 Å². The predicted molar refractivity (Wildman–Crippen MR) is 139 cm³/mol. The Kier molecular flexibility index (Phi) is 7.28. The van der Waals surface area contributed by atoms with Crippen LogP contribution in [0.25, 0.3) is 28.0 Å². The highest BCUT2D eigenvalue weighted by atomic mass is 19.1. The van der Waals surface area contributed by atoms with Gasteiger partial charge in [-0.2, -0.15) is 0 Å². The molecule has 2 N–H and O–H groups in total. The number of imidazole rings is 1. The Bertz CT molecular complexity index is 1380. The number of rotatable bonds is 6. The second kappa shape index (κ2) is 10.4. The first-order valence-corrected chi connectivity index (χ1v) is 12.3. The number of allylic oxidation sites excluding steroid dienone is 2. The van der Waals surface area contributed by atoms with Crippen LogP contribution in [0.5, 0.6) is 0 Å². The van der Waals surface area contributed by atoms with Gasteiger partial charge in [0.05, 0.1) is 11.4 Å². The van der Waals surface area contributed by atoms with E-state index in [1.807, 2.05) is 63.8 Å². The lowest BCUT2D eigenvalue weighted by molar-refractivity contribution is -0.119. The molecule has 1 aliphatic heterocycles. The van der Waals surface area contributed by atoms with Gasteiger partial charge in [0.1, 0.15) is 23.7 Å². The zero-order valence-corrected chi connectivity index (χ0v) is 21.2. The van der Waals surface area contributed by atoms with Crippen LogP contribution < -0.4 is 10.6 Å². The number of hydrogen-bond acceptors (Lipinski definition) is 6. The zero-order valence-electron chi connectivity index (χ0n) is 21.2. The number of aryl methyl sites for hydroxylation is 1. The van der Waals surface area contributed by atoms with Crippen molar-refractivity contribution in [3.8, 4) is 11.5 Å². The molecule has 0 saturated heterocycles. The van der Waals surface area contributed by atoms with Crippen LogP contribution in [0.1, 0.15) is 46.1 Å². The van der Waals surface area contributed by atoms with E-state index < -0.39 is 12.1 Å². The van der Waals surface area contributed by atoms with Crippen molar-refractivity contribution in [1.82, 2.24) is 24.8 Å². The van der Waals surface area contributed by atoms with Gasteiger partial charge < -0.3 is 15.2 Å². The Morgan fingerprint density at radius 2 is 2.00 bits per heavy atom. The number of nitrogens with zero attached hydrogens (tertiary/aromatic N) is 4. The summed E-state index contributed by atoms with van der Waals surface area (Å²) in [5.41, 5.74) is 4.01. The minimum Gasteiger partial charge on any atom is -0.378 e. The number of pyridine rings is 2. The molecule has 188 valence electrons. The molecule has 0 radical (unpaired) electrons. The van der Waals surface area contributed by atoms with E-state index in [4.69, 9.17) is 4.98 Å². The van der Waals surface area contributed by atoms with Crippen molar-refractivity contribution in [2.24, 2.45) is 13.0 Å². The van der Waals surface area contributed by atoms with Gasteiger partial charge in [0.2, 0.25) is 5.91 Å². The third-order valence-electron chi connectivity index (χ3n) is 6.27. The molecule has 1 aliphatic carbocycles. The molecule has 3 atom stereocenters. The first kappa shape index (κ1) is 25.2. The summed E-state index contributed by atoms with van der Waals surface area (Å²) in [5, 5.41) is 6.66. The highest BCUT2D eigenvalue weighted by molar-refractivity contribution is 5.97. The van der Waals surface area contributed by atoms with Crippen LogP contribution in [0.2, 0.25) is 0 Å². The maximum Gasteiger partial charge on any atom is 0.231 e. The number of alkyl halides is 1. The quantitative estimate of drug-likeness (QED) is 0.524. The molecule has 1 saturated carbocycles. The van der Waals surface area contributed by atoms with Crippen LogP contribution in [-0.2, 0) is 16.6 Å². The summed E-state index contributed by atoms with van der Waals surface area (Å²) in [6.07, 6.45) is 8.62. The third kappa shape index (κ3) is 4.91. The second-order valence-corrected chi connectivity index (χ2v) is 8.73. The zero-order chi connectivity index (χ0) is 26.0. The van der Waals surface area contributed by atoms with E-state index in [0.717, 1.165) is 22.1 Å². The number of carbonyl (C=O) groups is 2. The lowest BCUT2D eigenvalue weighted by atomic mass is 9.92. The molecule has 4 heterocycles. The van der Waals surface area contributed by atoms with Crippen LogP contribution in [-0.4, -0.2) is 43.4 Å². The van der Waals surface area contributed by atoms with Crippen LogP contribution in [0.3, 0.4) is 0 Å². The fourth-order valence-corrected chi connectivity index (χ4v) is 4.13. The number of ketones is 1. The van der Waals surface area contributed by atoms with Crippen LogP contribution in [0, 0.1) is 5.92 Å². The largest absolute Gasteiger partial charge is 0.378 e. The molecule has 9 heteroatoms. The van der Waals surface area contributed by atoms with E-state index in [2.05, 4.69) is 20.6 Å². The number of nitrogens with one attached hydrogen (secondary N) is 2. The lowest BCUT2D eigenvalue weighted by Crippen LogP contribution is -2.33. The molecule has 2 aliphatic rings. The Balaban J connectivity index is 0.00000148. The van der Waals surface area contributed by atoms with Crippen molar-refractivity contribution in [2.45, 2.75) is 52.8 Å². The molecule has 0 spiro atoms. The molecule has 1 fully saturated rings. The number of anilines is 1. The number of halogens is 1. The van der Waals surface area contributed by atoms with Gasteiger partial charge in [-0.1, -0.05) is 26.8 Å². The van der Waals surface area contributed by atoms with E-state index in [0.29, 0.717) is 29.3 Å². The maximum absolute atomic E-state index is 13.2. The first-order valence-electron chi connectivity index (χ1n) is 12.3. The summed E-state index contributed by atoms with van der Waals surface area (Å²) < 4.78 is 15.1. The second-order valence-electron chi connectivity index (χ2n) is 8.73. The molecule has 0 bridgehead atoms. The van der Waals surface area contributed by atoms with Crippen molar-refractivity contribution >= 4 is 34.0 Å². The van der Waals surface area contributed by atoms with Gasteiger partial charge in [-0.25, -0.2) is 19.3 Å². The smallest absolute Gasteiger partial charge is 0.231 e. The van der Waals surface area contributed by atoms with Gasteiger partial charge in [-0.3, -0.25) is 9.59 Å². The van der Waals surface area contributed by atoms with Crippen LogP contribution in [0.15, 0.2) is 48.6 Å². The predicted octanol–water partition coefficient (Wildman–Crippen LogP) is 4.59. The van der Waals surface area contributed by atoms with Crippen molar-refractivity contribution < 1.29 is 14.0 Å². The van der Waals surface area contributed by atoms with E-state index in [9.17, 15) is 14.0 Å². The molecule has 0 aromatic carbocycles. The van der Waals surface area contributed by atoms with E-state index in [-0.39, 0.29) is 24.2 Å². The Labute approximate surface area is 209 Å². The maximum atomic E-state index is 13.2. The summed E-state index contributed by atoms with van der Waals surface area (Å²) in [7, 11) is 1.89. The van der Waals surface area contributed by atoms with Gasteiger partial charge in [-0.15, -0.1) is 0 Å². The van der Waals surface area contributed by atoms with Crippen molar-refractivity contribution in [1.29, 1.82) is 0 Å². The van der Waals surface area contributed by atoms with Crippen LogP contribution in [0.4, 0.5) is 10.2 Å². The van der Waals surface area contributed by atoms with E-state index >= 15 is 0 Å². The highest BCUT2D eigenvalue weighted by Gasteiger charge is 2.43. The Morgan fingerprint density at radius 1 is 1.25 bits per heavy atom. The first-order chi connectivity index (χ1) is 17.4. The molecule has 3 aromatic rings. The number of carbonyl (C=O) groups excluding carboxylic acids is 2. The fourth-order valence-electron chi connectivity index (χ4n) is 4.13. The molecule has 1 amide bonds. The molecular formula is C27H31FN6O2. The number of dihydropyridines is 1. The van der Waals surface area contributed by atoms with Gasteiger partial charge in [0.15, 0.2) is 11.6 Å². The lowest BCUT2D eigenvalue weighted by Gasteiger charge is -2.22. The summed E-state index contributed by atoms with van der Waals surface area (Å²) in [4.78, 5) is 38.0. The third-order valence-corrected chi connectivity index (χ3v) is 6.27. The molecule has 36 heavy (non-hydrogen) atoms. The van der Waals surface area contributed by atoms with Gasteiger partial charge in [-0.05, 0) is 25.0 Å². The Morgan fingerprint density at radius 3 is 2.61 bits per heavy atom. The average molecular weight is 491 g/mol. The summed E-state index contributed by atoms with van der Waals surface area (Å²) in [6, 6.07) is 3.32. The van der Waals surface area contributed by atoms with Gasteiger partial charge >= 0.3 is 0 Å². The van der Waals surface area contributed by atoms with E-state index in [1.165, 1.54) is 0 Å². The van der Waals surface area contributed by atoms with Crippen molar-refractivity contribution in [3.63, 3.8) is 0 Å². The number of aromatic nitrogens is 4. The van der Waals surface area contributed by atoms with Gasteiger partial charge in [0, 0.05) is 60.8 Å².